The van der Waals surface area contributed by atoms with Crippen LogP contribution in [0.2, 0.25) is 0 Å². The number of nitrogens with two attached hydrogens (primary N) is 1. The summed E-state index contributed by atoms with van der Waals surface area (Å²) in [5.41, 5.74) is 4.73. The van der Waals surface area contributed by atoms with Crippen molar-refractivity contribution in [2.45, 2.75) is 13.3 Å². The molecule has 0 aromatic heterocycles. The summed E-state index contributed by atoms with van der Waals surface area (Å²) in [6.45, 7) is 1.17. The molecular weight excluding hydrogens is 380 g/mol. The Bertz CT molecular complexity index is 922. The molecule has 3 N–H and O–H groups in total. The summed E-state index contributed by atoms with van der Waals surface area (Å²) in [5.74, 6) is -5.81. The number of esters is 1. The van der Waals surface area contributed by atoms with E-state index in [1.54, 1.807) is 0 Å². The van der Waals surface area contributed by atoms with Crippen molar-refractivity contribution in [2.75, 3.05) is 11.9 Å². The van der Waals surface area contributed by atoms with Crippen LogP contribution in [0.15, 0.2) is 42.2 Å². The minimum absolute atomic E-state index is 0.0409. The van der Waals surface area contributed by atoms with Crippen LogP contribution in [0.3, 0.4) is 0 Å². The van der Waals surface area contributed by atoms with E-state index in [-0.39, 0.29) is 18.6 Å². The molecule has 0 saturated carbocycles. The van der Waals surface area contributed by atoms with E-state index in [0.29, 0.717) is 6.07 Å². The normalized spacial score (nSPS) is 11.2. The van der Waals surface area contributed by atoms with Gasteiger partial charge >= 0.3 is 5.97 Å². The Morgan fingerprint density at radius 1 is 1.07 bits per heavy atom. The first-order valence-electron chi connectivity index (χ1n) is 8.02. The first-order chi connectivity index (χ1) is 13.2. The molecule has 148 valence electrons. The molecule has 9 heteroatoms. The van der Waals surface area contributed by atoms with Crippen molar-refractivity contribution in [3.05, 3.63) is 76.6 Å². The van der Waals surface area contributed by atoms with Gasteiger partial charge in [0.15, 0.2) is 5.78 Å². The highest BCUT2D eigenvalue weighted by Gasteiger charge is 2.14. The SMILES string of the molecule is CC(=O)OCCc1cc(F)c(N/C(N)=C/C(=O)c2ccc(F)cc2F)c(F)c1. The number of ether oxygens (including phenoxy) is 1. The molecule has 2 aromatic rings. The molecule has 0 saturated heterocycles. The molecule has 5 nitrogen and oxygen atoms in total. The fourth-order valence-electron chi connectivity index (χ4n) is 2.29. The fourth-order valence-corrected chi connectivity index (χ4v) is 2.29. The molecule has 0 spiro atoms. The van der Waals surface area contributed by atoms with Crippen molar-refractivity contribution in [2.24, 2.45) is 5.73 Å². The monoisotopic (exact) mass is 396 g/mol. The molecule has 28 heavy (non-hydrogen) atoms. The summed E-state index contributed by atoms with van der Waals surface area (Å²) in [6, 6.07) is 4.38. The lowest BCUT2D eigenvalue weighted by atomic mass is 10.1. The van der Waals surface area contributed by atoms with Crippen molar-refractivity contribution >= 4 is 17.4 Å². The molecular formula is C19H16F4N2O3. The van der Waals surface area contributed by atoms with Gasteiger partial charge in [0.25, 0.3) is 0 Å². The number of rotatable bonds is 7. The van der Waals surface area contributed by atoms with E-state index < -0.39 is 52.1 Å². The molecule has 0 bridgehead atoms. The predicted octanol–water partition coefficient (Wildman–Crippen LogP) is 3.44. The minimum Gasteiger partial charge on any atom is -0.466 e. The lowest BCUT2D eigenvalue weighted by molar-refractivity contribution is -0.140. The van der Waals surface area contributed by atoms with Crippen LogP contribution in [0.25, 0.3) is 0 Å². The van der Waals surface area contributed by atoms with E-state index in [1.807, 2.05) is 0 Å². The molecule has 2 rings (SSSR count). The van der Waals surface area contributed by atoms with Crippen LogP contribution in [0.5, 0.6) is 0 Å². The fraction of sp³-hybridized carbons (Fsp3) is 0.158. The van der Waals surface area contributed by atoms with E-state index >= 15 is 0 Å². The highest BCUT2D eigenvalue weighted by Crippen LogP contribution is 2.22. The summed E-state index contributed by atoms with van der Waals surface area (Å²) in [7, 11) is 0. The van der Waals surface area contributed by atoms with Gasteiger partial charge in [0.05, 0.1) is 12.2 Å². The number of halogens is 4. The van der Waals surface area contributed by atoms with Gasteiger partial charge in [-0.15, -0.1) is 0 Å². The highest BCUT2D eigenvalue weighted by molar-refractivity contribution is 6.05. The Balaban J connectivity index is 2.14. The number of carbonyl (C=O) groups excluding carboxylic acids is 2. The molecule has 2 aromatic carbocycles. The van der Waals surface area contributed by atoms with Crippen molar-refractivity contribution in [3.63, 3.8) is 0 Å². The second-order valence-electron chi connectivity index (χ2n) is 5.74. The highest BCUT2D eigenvalue weighted by atomic mass is 19.1. The van der Waals surface area contributed by atoms with Crippen molar-refractivity contribution in [3.8, 4) is 0 Å². The number of allylic oxidation sites excluding steroid dienone is 1. The zero-order valence-corrected chi connectivity index (χ0v) is 14.7. The van der Waals surface area contributed by atoms with Gasteiger partial charge in [-0.1, -0.05) is 0 Å². The van der Waals surface area contributed by atoms with Gasteiger partial charge in [-0.3, -0.25) is 9.59 Å². The van der Waals surface area contributed by atoms with E-state index in [9.17, 15) is 27.2 Å². The number of anilines is 1. The third-order valence-electron chi connectivity index (χ3n) is 3.55. The second kappa shape index (κ2) is 9.03. The van der Waals surface area contributed by atoms with Crippen LogP contribution < -0.4 is 11.1 Å². The second-order valence-corrected chi connectivity index (χ2v) is 5.74. The number of hydrogen-bond donors (Lipinski definition) is 2. The first-order valence-corrected chi connectivity index (χ1v) is 8.02. The zero-order valence-electron chi connectivity index (χ0n) is 14.7. The zero-order chi connectivity index (χ0) is 20.8. The Labute approximate surface area is 157 Å². The molecule has 0 atom stereocenters. The molecule has 0 radical (unpaired) electrons. The largest absolute Gasteiger partial charge is 0.466 e. The van der Waals surface area contributed by atoms with Crippen LogP contribution >= 0.6 is 0 Å². The molecule has 0 unspecified atom stereocenters. The van der Waals surface area contributed by atoms with Gasteiger partial charge in [0.2, 0.25) is 0 Å². The van der Waals surface area contributed by atoms with Crippen LogP contribution in [0.1, 0.15) is 22.8 Å². The summed E-state index contributed by atoms with van der Waals surface area (Å²) in [6.07, 6.45) is 0.825. The van der Waals surface area contributed by atoms with Crippen LogP contribution in [-0.4, -0.2) is 18.4 Å². The summed E-state index contributed by atoms with van der Waals surface area (Å²) in [5, 5.41) is 2.20. The van der Waals surface area contributed by atoms with Gasteiger partial charge in [0.1, 0.15) is 34.8 Å². The maximum absolute atomic E-state index is 14.1. The topological polar surface area (TPSA) is 81.4 Å². The Morgan fingerprint density at radius 2 is 1.71 bits per heavy atom. The number of benzene rings is 2. The molecule has 0 amide bonds. The summed E-state index contributed by atoms with van der Waals surface area (Å²) in [4.78, 5) is 22.7. The number of ketones is 1. The van der Waals surface area contributed by atoms with Crippen molar-refractivity contribution in [1.82, 2.24) is 0 Å². The lowest BCUT2D eigenvalue weighted by Gasteiger charge is -2.11. The third kappa shape index (κ3) is 5.57. The smallest absolute Gasteiger partial charge is 0.302 e. The average Bonchev–Trinajstić information content (AvgIpc) is 2.57. The van der Waals surface area contributed by atoms with Crippen molar-refractivity contribution < 1.29 is 31.9 Å². The van der Waals surface area contributed by atoms with Crippen LogP contribution in [0.4, 0.5) is 23.2 Å². The lowest BCUT2D eigenvalue weighted by Crippen LogP contribution is -2.15. The predicted molar refractivity (Wildman–Crippen MR) is 93.3 cm³/mol. The van der Waals surface area contributed by atoms with Gasteiger partial charge in [-0.2, -0.15) is 0 Å². The average molecular weight is 396 g/mol. The molecule has 0 heterocycles. The van der Waals surface area contributed by atoms with Crippen molar-refractivity contribution in [1.29, 1.82) is 0 Å². The number of carbonyl (C=O) groups is 2. The van der Waals surface area contributed by atoms with Gasteiger partial charge in [-0.25, -0.2) is 17.6 Å². The molecule has 0 aliphatic carbocycles. The van der Waals surface area contributed by atoms with E-state index in [4.69, 9.17) is 10.5 Å². The molecule has 0 aliphatic rings. The van der Waals surface area contributed by atoms with Gasteiger partial charge in [0, 0.05) is 25.5 Å². The maximum Gasteiger partial charge on any atom is 0.302 e. The molecule has 0 aliphatic heterocycles. The number of nitrogens with one attached hydrogen (secondary N) is 1. The summed E-state index contributed by atoms with van der Waals surface area (Å²) < 4.78 is 59.5. The van der Waals surface area contributed by atoms with E-state index in [1.165, 1.54) is 6.92 Å². The van der Waals surface area contributed by atoms with Crippen LogP contribution in [-0.2, 0) is 16.0 Å². The maximum atomic E-state index is 14.1. The van der Waals surface area contributed by atoms with Gasteiger partial charge in [-0.05, 0) is 29.8 Å². The van der Waals surface area contributed by atoms with Crippen LogP contribution in [0, 0.1) is 23.3 Å². The third-order valence-corrected chi connectivity index (χ3v) is 3.55. The molecule has 0 fully saturated rings. The first kappa shape index (κ1) is 20.9. The van der Waals surface area contributed by atoms with E-state index in [0.717, 1.165) is 30.3 Å². The van der Waals surface area contributed by atoms with Gasteiger partial charge < -0.3 is 15.8 Å². The quantitative estimate of drug-likeness (QED) is 0.324. The Morgan fingerprint density at radius 3 is 2.29 bits per heavy atom. The summed E-state index contributed by atoms with van der Waals surface area (Å²) >= 11 is 0. The standard InChI is InChI=1S/C19H16F4N2O3/c1-10(26)28-5-4-11-6-15(22)19(16(23)7-11)25-18(24)9-17(27)13-3-2-12(20)8-14(13)21/h2-3,6-9,25H,4-5,24H2,1H3/b18-9+. The van der Waals surface area contributed by atoms with E-state index in [2.05, 4.69) is 5.32 Å². The Hall–Kier alpha value is -3.36. The number of hydrogen-bond acceptors (Lipinski definition) is 5. The Kier molecular flexibility index (Phi) is 6.75. The minimum atomic E-state index is -1.09.